The minimum atomic E-state index is -1.06. The van der Waals surface area contributed by atoms with Gasteiger partial charge in [0.15, 0.2) is 0 Å². The molecule has 5 heteroatoms. The van der Waals surface area contributed by atoms with E-state index in [9.17, 15) is 19.8 Å². The van der Waals surface area contributed by atoms with E-state index in [1.807, 2.05) is 19.9 Å². The lowest BCUT2D eigenvalue weighted by Crippen LogP contribution is -2.43. The van der Waals surface area contributed by atoms with Gasteiger partial charge in [-0.05, 0) is 38.5 Å². The Balaban J connectivity index is 3.28. The van der Waals surface area contributed by atoms with Gasteiger partial charge >= 0.3 is 11.9 Å². The van der Waals surface area contributed by atoms with Gasteiger partial charge in [0, 0.05) is 5.33 Å². The largest absolute Gasteiger partial charge is 0.481 e. The number of rotatable bonds is 6. The number of hydrogen-bond acceptors (Lipinski definition) is 2. The summed E-state index contributed by atoms with van der Waals surface area (Å²) in [5.41, 5.74) is -1.13. The first-order chi connectivity index (χ1) is 9.15. The summed E-state index contributed by atoms with van der Waals surface area (Å²) in [4.78, 5) is 23.4. The number of carboxylic acid groups (broad SMARTS) is 2. The summed E-state index contributed by atoms with van der Waals surface area (Å²) in [7, 11) is 0. The topological polar surface area (TPSA) is 74.6 Å². The van der Waals surface area contributed by atoms with Crippen LogP contribution in [0, 0.1) is 16.7 Å². The Morgan fingerprint density at radius 1 is 1.35 bits per heavy atom. The molecule has 1 aliphatic carbocycles. The maximum absolute atomic E-state index is 11.8. The predicted molar refractivity (Wildman–Crippen MR) is 81.0 cm³/mol. The van der Waals surface area contributed by atoms with E-state index >= 15 is 0 Å². The Kier molecular flexibility index (Phi) is 5.41. The fourth-order valence-corrected chi connectivity index (χ4v) is 3.78. The van der Waals surface area contributed by atoms with Crippen LogP contribution >= 0.6 is 15.9 Å². The summed E-state index contributed by atoms with van der Waals surface area (Å²) in [6, 6.07) is 0. The van der Waals surface area contributed by atoms with Crippen LogP contribution < -0.4 is 0 Å². The third kappa shape index (κ3) is 3.62. The van der Waals surface area contributed by atoms with Crippen molar-refractivity contribution in [2.24, 2.45) is 16.7 Å². The summed E-state index contributed by atoms with van der Waals surface area (Å²) < 4.78 is 0. The van der Waals surface area contributed by atoms with Crippen molar-refractivity contribution in [3.63, 3.8) is 0 Å². The van der Waals surface area contributed by atoms with Crippen molar-refractivity contribution in [2.75, 3.05) is 5.33 Å². The van der Waals surface area contributed by atoms with E-state index < -0.39 is 22.8 Å². The standard InChI is InChI=1S/C15H23BrO4/c1-10(2)6-15(13(19)20)8-11(4-5-16)7-14(3,9-15)12(17)18/h8,10H,4-7,9H2,1-3H3,(H,17,18)(H,19,20). The number of carbonyl (C=O) groups is 2. The van der Waals surface area contributed by atoms with Crippen LogP contribution in [0.15, 0.2) is 11.6 Å². The number of allylic oxidation sites excluding steroid dienone is 1. The minimum Gasteiger partial charge on any atom is -0.481 e. The molecule has 0 aromatic rings. The van der Waals surface area contributed by atoms with Gasteiger partial charge in [0.2, 0.25) is 0 Å². The zero-order valence-electron chi connectivity index (χ0n) is 12.3. The van der Waals surface area contributed by atoms with Crippen LogP contribution in [-0.2, 0) is 9.59 Å². The van der Waals surface area contributed by atoms with Crippen LogP contribution in [0.25, 0.3) is 0 Å². The van der Waals surface area contributed by atoms with E-state index in [1.165, 1.54) is 0 Å². The first kappa shape index (κ1) is 17.2. The van der Waals surface area contributed by atoms with Gasteiger partial charge in [-0.3, -0.25) is 9.59 Å². The predicted octanol–water partition coefficient (Wildman–Crippen LogP) is 3.70. The third-order valence-corrected chi connectivity index (χ3v) is 4.33. The second kappa shape index (κ2) is 6.29. The van der Waals surface area contributed by atoms with Crippen LogP contribution in [0.2, 0.25) is 0 Å². The molecule has 0 radical (unpaired) electrons. The zero-order valence-corrected chi connectivity index (χ0v) is 13.9. The van der Waals surface area contributed by atoms with Crippen molar-refractivity contribution < 1.29 is 19.8 Å². The smallest absolute Gasteiger partial charge is 0.313 e. The minimum absolute atomic E-state index is 0.161. The maximum atomic E-state index is 11.8. The Morgan fingerprint density at radius 2 is 1.95 bits per heavy atom. The fourth-order valence-electron chi connectivity index (χ4n) is 3.27. The average molecular weight is 347 g/mol. The van der Waals surface area contributed by atoms with E-state index in [2.05, 4.69) is 15.9 Å². The highest BCUT2D eigenvalue weighted by atomic mass is 79.9. The molecule has 0 amide bonds. The zero-order chi connectivity index (χ0) is 15.6. The van der Waals surface area contributed by atoms with E-state index in [4.69, 9.17) is 0 Å². The molecule has 2 atom stereocenters. The Morgan fingerprint density at radius 3 is 2.35 bits per heavy atom. The Hall–Kier alpha value is -0.840. The summed E-state index contributed by atoms with van der Waals surface area (Å²) in [6.45, 7) is 5.60. The molecule has 0 heterocycles. The molecule has 114 valence electrons. The van der Waals surface area contributed by atoms with Gasteiger partial charge in [-0.2, -0.15) is 0 Å². The molecule has 0 fully saturated rings. The summed E-state index contributed by atoms with van der Waals surface area (Å²) in [6.07, 6.45) is 3.57. The van der Waals surface area contributed by atoms with Crippen LogP contribution in [-0.4, -0.2) is 27.5 Å². The number of halogens is 1. The number of aliphatic carboxylic acids is 2. The van der Waals surface area contributed by atoms with E-state index in [-0.39, 0.29) is 12.3 Å². The van der Waals surface area contributed by atoms with Crippen molar-refractivity contribution in [3.8, 4) is 0 Å². The molecule has 0 aromatic heterocycles. The number of hydrogen-bond donors (Lipinski definition) is 2. The van der Waals surface area contributed by atoms with Gasteiger partial charge in [-0.1, -0.05) is 41.4 Å². The molecule has 2 unspecified atom stereocenters. The molecule has 0 spiro atoms. The molecule has 0 saturated heterocycles. The molecule has 20 heavy (non-hydrogen) atoms. The van der Waals surface area contributed by atoms with Gasteiger partial charge in [0.05, 0.1) is 10.8 Å². The van der Waals surface area contributed by atoms with Crippen molar-refractivity contribution in [1.29, 1.82) is 0 Å². The molecule has 1 rings (SSSR count). The third-order valence-electron chi connectivity index (χ3n) is 3.93. The second-order valence-corrected chi connectivity index (χ2v) is 7.31. The van der Waals surface area contributed by atoms with Crippen molar-refractivity contribution in [3.05, 3.63) is 11.6 Å². The molecular formula is C15H23BrO4. The van der Waals surface area contributed by atoms with Crippen molar-refractivity contribution >= 4 is 27.9 Å². The molecule has 0 aromatic carbocycles. The quantitative estimate of drug-likeness (QED) is 0.568. The van der Waals surface area contributed by atoms with Gasteiger partial charge in [-0.15, -0.1) is 0 Å². The molecule has 1 aliphatic rings. The molecular weight excluding hydrogens is 324 g/mol. The normalized spacial score (nSPS) is 30.1. The van der Waals surface area contributed by atoms with Gasteiger partial charge < -0.3 is 10.2 Å². The second-order valence-electron chi connectivity index (χ2n) is 6.52. The van der Waals surface area contributed by atoms with Gasteiger partial charge in [0.25, 0.3) is 0 Å². The molecule has 0 bridgehead atoms. The highest BCUT2D eigenvalue weighted by Gasteiger charge is 2.50. The maximum Gasteiger partial charge on any atom is 0.313 e. The molecule has 0 aliphatic heterocycles. The lowest BCUT2D eigenvalue weighted by atomic mass is 9.61. The average Bonchev–Trinajstić information content (AvgIpc) is 2.27. The lowest BCUT2D eigenvalue weighted by molar-refractivity contribution is -0.156. The van der Waals surface area contributed by atoms with Crippen LogP contribution in [0.1, 0.15) is 46.5 Å². The lowest BCUT2D eigenvalue weighted by Gasteiger charge is -2.41. The SMILES string of the molecule is CC(C)CC1(C(=O)O)C=C(CCBr)CC(C)(C(=O)O)C1. The van der Waals surface area contributed by atoms with E-state index in [0.717, 1.165) is 5.57 Å². The monoisotopic (exact) mass is 346 g/mol. The highest BCUT2D eigenvalue weighted by molar-refractivity contribution is 9.09. The molecule has 4 nitrogen and oxygen atoms in total. The van der Waals surface area contributed by atoms with Crippen LogP contribution in [0.5, 0.6) is 0 Å². The Labute approximate surface area is 128 Å². The van der Waals surface area contributed by atoms with E-state index in [1.54, 1.807) is 6.92 Å². The molecule has 0 saturated carbocycles. The summed E-state index contributed by atoms with van der Waals surface area (Å²) in [5.74, 6) is -1.62. The molecule has 2 N–H and O–H groups in total. The fraction of sp³-hybridized carbons (Fsp3) is 0.733. The first-order valence-corrected chi connectivity index (χ1v) is 8.01. The van der Waals surface area contributed by atoms with Gasteiger partial charge in [0.1, 0.15) is 0 Å². The highest BCUT2D eigenvalue weighted by Crippen LogP contribution is 2.49. The van der Waals surface area contributed by atoms with E-state index in [0.29, 0.717) is 24.6 Å². The Bertz CT molecular complexity index is 430. The first-order valence-electron chi connectivity index (χ1n) is 6.88. The van der Waals surface area contributed by atoms with Crippen LogP contribution in [0.3, 0.4) is 0 Å². The van der Waals surface area contributed by atoms with Crippen molar-refractivity contribution in [1.82, 2.24) is 0 Å². The summed E-state index contributed by atoms with van der Waals surface area (Å²) in [5, 5.41) is 19.9. The number of carboxylic acids is 2. The van der Waals surface area contributed by atoms with Crippen molar-refractivity contribution in [2.45, 2.75) is 46.5 Å². The number of alkyl halides is 1. The van der Waals surface area contributed by atoms with Crippen LogP contribution in [0.4, 0.5) is 0 Å². The summed E-state index contributed by atoms with van der Waals surface area (Å²) >= 11 is 3.35. The van der Waals surface area contributed by atoms with Gasteiger partial charge in [-0.25, -0.2) is 0 Å².